The van der Waals surface area contributed by atoms with Crippen LogP contribution in [0.4, 0.5) is 0 Å². The van der Waals surface area contributed by atoms with E-state index in [1.54, 1.807) is 0 Å². The molecular formula is C13H29NO. The SMILES string of the molecule is CC(NCC(O)CC(C)(C)C)C(C)(C)C. The number of aliphatic hydroxyl groups excluding tert-OH is 1. The smallest absolute Gasteiger partial charge is 0.0669 e. The third-order valence-corrected chi connectivity index (χ3v) is 2.81. The predicted octanol–water partition coefficient (Wildman–Crippen LogP) is 2.81. The Morgan fingerprint density at radius 3 is 1.87 bits per heavy atom. The maximum atomic E-state index is 9.84. The van der Waals surface area contributed by atoms with Crippen molar-refractivity contribution in [2.24, 2.45) is 10.8 Å². The highest BCUT2D eigenvalue weighted by Crippen LogP contribution is 2.21. The molecule has 2 heteroatoms. The lowest BCUT2D eigenvalue weighted by Crippen LogP contribution is -2.42. The van der Waals surface area contributed by atoms with E-state index in [2.05, 4.69) is 53.8 Å². The van der Waals surface area contributed by atoms with E-state index >= 15 is 0 Å². The molecule has 0 aromatic rings. The van der Waals surface area contributed by atoms with E-state index in [-0.39, 0.29) is 16.9 Å². The Morgan fingerprint density at radius 2 is 1.53 bits per heavy atom. The van der Waals surface area contributed by atoms with Gasteiger partial charge in [0.25, 0.3) is 0 Å². The van der Waals surface area contributed by atoms with Gasteiger partial charge in [0.15, 0.2) is 0 Å². The second kappa shape index (κ2) is 5.31. The van der Waals surface area contributed by atoms with Crippen LogP contribution < -0.4 is 5.32 Å². The molecule has 0 saturated heterocycles. The molecule has 0 heterocycles. The Labute approximate surface area is 95.5 Å². The number of nitrogens with one attached hydrogen (secondary N) is 1. The van der Waals surface area contributed by atoms with E-state index in [1.165, 1.54) is 0 Å². The second-order valence-corrected chi connectivity index (χ2v) is 6.91. The summed E-state index contributed by atoms with van der Waals surface area (Å²) in [6.07, 6.45) is 0.603. The Hall–Kier alpha value is -0.0800. The summed E-state index contributed by atoms with van der Waals surface area (Å²) in [5.41, 5.74) is 0.452. The van der Waals surface area contributed by atoms with Gasteiger partial charge in [0.05, 0.1) is 6.10 Å². The van der Waals surface area contributed by atoms with Crippen LogP contribution in [0.15, 0.2) is 0 Å². The molecule has 92 valence electrons. The van der Waals surface area contributed by atoms with Crippen LogP contribution in [0.2, 0.25) is 0 Å². The molecule has 2 N–H and O–H groups in total. The highest BCUT2D eigenvalue weighted by molar-refractivity contribution is 4.78. The molecule has 0 aromatic carbocycles. The summed E-state index contributed by atoms with van der Waals surface area (Å²) in [5.74, 6) is 0. The molecule has 0 rings (SSSR count). The molecule has 0 radical (unpaired) electrons. The summed E-state index contributed by atoms with van der Waals surface area (Å²) in [5, 5.41) is 13.2. The van der Waals surface area contributed by atoms with Crippen LogP contribution in [-0.4, -0.2) is 23.8 Å². The first-order valence-electron chi connectivity index (χ1n) is 5.94. The van der Waals surface area contributed by atoms with Crippen LogP contribution in [0.1, 0.15) is 54.9 Å². The standard InChI is InChI=1S/C13H29NO/c1-10(13(5,6)7)14-9-11(15)8-12(2,3)4/h10-11,14-15H,8-9H2,1-7H3. The molecule has 0 fully saturated rings. The maximum Gasteiger partial charge on any atom is 0.0669 e. The summed E-state index contributed by atoms with van der Waals surface area (Å²) < 4.78 is 0. The Balaban J connectivity index is 3.87. The van der Waals surface area contributed by atoms with Gasteiger partial charge in [-0.05, 0) is 24.2 Å². The Bertz CT molecular complexity index is 176. The van der Waals surface area contributed by atoms with Gasteiger partial charge in [0.1, 0.15) is 0 Å². The molecule has 0 aliphatic heterocycles. The van der Waals surface area contributed by atoms with Crippen molar-refractivity contribution in [1.29, 1.82) is 0 Å². The van der Waals surface area contributed by atoms with Gasteiger partial charge in [-0.2, -0.15) is 0 Å². The third-order valence-electron chi connectivity index (χ3n) is 2.81. The largest absolute Gasteiger partial charge is 0.392 e. The summed E-state index contributed by atoms with van der Waals surface area (Å²) in [6.45, 7) is 16.0. The van der Waals surface area contributed by atoms with E-state index in [0.29, 0.717) is 12.6 Å². The van der Waals surface area contributed by atoms with Crippen molar-refractivity contribution in [2.75, 3.05) is 6.54 Å². The molecule has 0 aliphatic rings. The van der Waals surface area contributed by atoms with Crippen LogP contribution in [0.3, 0.4) is 0 Å². The molecule has 0 aromatic heterocycles. The zero-order valence-electron chi connectivity index (χ0n) is 11.5. The van der Waals surface area contributed by atoms with Crippen molar-refractivity contribution in [3.05, 3.63) is 0 Å². The Morgan fingerprint density at radius 1 is 1.07 bits per heavy atom. The van der Waals surface area contributed by atoms with Gasteiger partial charge in [-0.1, -0.05) is 41.5 Å². The molecular weight excluding hydrogens is 186 g/mol. The van der Waals surface area contributed by atoms with Crippen molar-refractivity contribution >= 4 is 0 Å². The van der Waals surface area contributed by atoms with Crippen molar-refractivity contribution in [3.8, 4) is 0 Å². The summed E-state index contributed by atoms with van der Waals surface area (Å²) in [7, 11) is 0. The van der Waals surface area contributed by atoms with E-state index in [0.717, 1.165) is 6.42 Å². The highest BCUT2D eigenvalue weighted by Gasteiger charge is 2.21. The molecule has 0 amide bonds. The number of aliphatic hydroxyl groups is 1. The van der Waals surface area contributed by atoms with Gasteiger partial charge in [-0.15, -0.1) is 0 Å². The van der Waals surface area contributed by atoms with E-state index in [4.69, 9.17) is 0 Å². The molecule has 0 bridgehead atoms. The molecule has 2 unspecified atom stereocenters. The first-order chi connectivity index (χ1) is 6.52. The molecule has 2 nitrogen and oxygen atoms in total. The van der Waals surface area contributed by atoms with Crippen LogP contribution >= 0.6 is 0 Å². The minimum absolute atomic E-state index is 0.200. The lowest BCUT2D eigenvalue weighted by molar-refractivity contribution is 0.110. The van der Waals surface area contributed by atoms with Crippen molar-refractivity contribution in [1.82, 2.24) is 5.32 Å². The van der Waals surface area contributed by atoms with Gasteiger partial charge >= 0.3 is 0 Å². The summed E-state index contributed by atoms with van der Waals surface area (Å²) >= 11 is 0. The zero-order chi connectivity index (χ0) is 12.3. The van der Waals surface area contributed by atoms with Gasteiger partial charge in [-0.25, -0.2) is 0 Å². The summed E-state index contributed by atoms with van der Waals surface area (Å²) in [6, 6.07) is 0.423. The summed E-state index contributed by atoms with van der Waals surface area (Å²) in [4.78, 5) is 0. The maximum absolute atomic E-state index is 9.84. The van der Waals surface area contributed by atoms with E-state index < -0.39 is 0 Å². The number of hydrogen-bond donors (Lipinski definition) is 2. The average Bonchev–Trinajstić information content (AvgIpc) is 1.94. The quantitative estimate of drug-likeness (QED) is 0.756. The highest BCUT2D eigenvalue weighted by atomic mass is 16.3. The predicted molar refractivity (Wildman–Crippen MR) is 67.0 cm³/mol. The average molecular weight is 215 g/mol. The molecule has 15 heavy (non-hydrogen) atoms. The van der Waals surface area contributed by atoms with Gasteiger partial charge < -0.3 is 10.4 Å². The van der Waals surface area contributed by atoms with Crippen molar-refractivity contribution in [3.63, 3.8) is 0 Å². The van der Waals surface area contributed by atoms with Gasteiger partial charge in [0.2, 0.25) is 0 Å². The van der Waals surface area contributed by atoms with Gasteiger partial charge in [0, 0.05) is 12.6 Å². The lowest BCUT2D eigenvalue weighted by Gasteiger charge is -2.30. The van der Waals surface area contributed by atoms with Gasteiger partial charge in [-0.3, -0.25) is 0 Å². The number of hydrogen-bond acceptors (Lipinski definition) is 2. The first-order valence-corrected chi connectivity index (χ1v) is 5.94. The normalized spacial score (nSPS) is 17.6. The minimum Gasteiger partial charge on any atom is -0.392 e. The van der Waals surface area contributed by atoms with Crippen LogP contribution in [0.5, 0.6) is 0 Å². The lowest BCUT2D eigenvalue weighted by atomic mass is 9.87. The topological polar surface area (TPSA) is 32.3 Å². The van der Waals surface area contributed by atoms with Crippen molar-refractivity contribution < 1.29 is 5.11 Å². The van der Waals surface area contributed by atoms with Crippen LogP contribution in [0, 0.1) is 10.8 Å². The van der Waals surface area contributed by atoms with Crippen LogP contribution in [0.25, 0.3) is 0 Å². The second-order valence-electron chi connectivity index (χ2n) is 6.91. The monoisotopic (exact) mass is 215 g/mol. The van der Waals surface area contributed by atoms with Crippen molar-refractivity contribution in [2.45, 2.75) is 67.0 Å². The van der Waals surface area contributed by atoms with Crippen LogP contribution in [-0.2, 0) is 0 Å². The Kier molecular flexibility index (Phi) is 5.28. The first kappa shape index (κ1) is 14.9. The fraction of sp³-hybridized carbons (Fsp3) is 1.00. The molecule has 0 aliphatic carbocycles. The van der Waals surface area contributed by atoms with E-state index in [9.17, 15) is 5.11 Å². The third kappa shape index (κ3) is 7.80. The fourth-order valence-electron chi connectivity index (χ4n) is 1.40. The van der Waals surface area contributed by atoms with E-state index in [1.807, 2.05) is 0 Å². The molecule has 0 spiro atoms. The zero-order valence-corrected chi connectivity index (χ0v) is 11.5. The molecule has 0 saturated carbocycles. The fourth-order valence-corrected chi connectivity index (χ4v) is 1.40. The minimum atomic E-state index is -0.241. The number of rotatable bonds is 4. The molecule has 2 atom stereocenters.